The summed E-state index contributed by atoms with van der Waals surface area (Å²) < 4.78 is 2.34. The van der Waals surface area contributed by atoms with E-state index in [1.807, 2.05) is 36.2 Å². The summed E-state index contributed by atoms with van der Waals surface area (Å²) in [6.45, 7) is 10.5. The molecule has 0 bridgehead atoms. The van der Waals surface area contributed by atoms with Gasteiger partial charge in [-0.05, 0) is 39.3 Å². The zero-order chi connectivity index (χ0) is 17.7. The van der Waals surface area contributed by atoms with E-state index in [2.05, 4.69) is 45.6 Å². The van der Waals surface area contributed by atoms with Crippen molar-refractivity contribution in [3.05, 3.63) is 30.2 Å². The van der Waals surface area contributed by atoms with Gasteiger partial charge in [0.15, 0.2) is 11.6 Å². The fourth-order valence-electron chi connectivity index (χ4n) is 3.11. The number of aliphatic imine (C=N–C) groups is 1. The Bertz CT molecular complexity index is 729. The Morgan fingerprint density at radius 1 is 1.35 bits per heavy atom. The first-order valence-corrected chi connectivity index (χ1v) is 10.0. The molecule has 6 nitrogen and oxygen atoms in total. The molecule has 1 saturated heterocycles. The highest BCUT2D eigenvalue weighted by Gasteiger charge is 2.28. The number of pyridine rings is 1. The molecule has 0 unspecified atom stereocenters. The fourth-order valence-corrected chi connectivity index (χ4v) is 4.22. The maximum atomic E-state index is 4.85. The lowest BCUT2D eigenvalue weighted by atomic mass is 10.2. The summed E-state index contributed by atoms with van der Waals surface area (Å²) in [5.74, 6) is 3.21. The number of halogens is 1. The number of aryl methyl sites for hydroxylation is 1. The van der Waals surface area contributed by atoms with Crippen molar-refractivity contribution < 1.29 is 0 Å². The van der Waals surface area contributed by atoms with E-state index in [0.29, 0.717) is 0 Å². The molecule has 3 heterocycles. The smallest absolute Gasteiger partial charge is 0.193 e. The summed E-state index contributed by atoms with van der Waals surface area (Å²) in [5.41, 5.74) is 0.905. The molecule has 144 valence electrons. The SMILES string of the molecule is CCNC(=NCCCc1nnc2ccccn12)N1CCSC(C)(C)C1.I. The number of aromatic nitrogens is 3. The molecule has 1 aliphatic rings. The Hall–Kier alpha value is -1.03. The average Bonchev–Trinajstić information content (AvgIpc) is 3.00. The van der Waals surface area contributed by atoms with Crippen LogP contribution in [0, 0.1) is 0 Å². The zero-order valence-electron chi connectivity index (χ0n) is 15.8. The molecule has 0 atom stereocenters. The summed E-state index contributed by atoms with van der Waals surface area (Å²) >= 11 is 2.04. The molecular weight excluding hydrogens is 459 g/mol. The highest BCUT2D eigenvalue weighted by molar-refractivity contribution is 14.0. The third-order valence-electron chi connectivity index (χ3n) is 4.26. The third-order valence-corrected chi connectivity index (χ3v) is 5.56. The Morgan fingerprint density at radius 3 is 2.96 bits per heavy atom. The maximum Gasteiger partial charge on any atom is 0.193 e. The third kappa shape index (κ3) is 5.48. The van der Waals surface area contributed by atoms with E-state index in [1.54, 1.807) is 0 Å². The molecule has 1 aliphatic heterocycles. The predicted molar refractivity (Wildman–Crippen MR) is 121 cm³/mol. The van der Waals surface area contributed by atoms with Crippen molar-refractivity contribution in [2.24, 2.45) is 4.99 Å². The number of nitrogens with one attached hydrogen (secondary N) is 1. The van der Waals surface area contributed by atoms with E-state index >= 15 is 0 Å². The van der Waals surface area contributed by atoms with Gasteiger partial charge in [0.2, 0.25) is 0 Å². The van der Waals surface area contributed by atoms with Crippen molar-refractivity contribution in [1.82, 2.24) is 24.8 Å². The number of thioether (sulfide) groups is 1. The van der Waals surface area contributed by atoms with Crippen LogP contribution in [0.3, 0.4) is 0 Å². The molecule has 26 heavy (non-hydrogen) atoms. The standard InChI is InChI=1S/C18H28N6S.HI/c1-4-19-17(23-12-13-25-18(2,3)14-23)20-10-7-9-16-22-21-15-8-5-6-11-24(15)16;/h5-6,8,11H,4,7,9-10,12-14H2,1-3H3,(H,19,20);1H. The summed E-state index contributed by atoms with van der Waals surface area (Å²) in [6, 6.07) is 5.98. The average molecular weight is 488 g/mol. The van der Waals surface area contributed by atoms with Gasteiger partial charge in [-0.3, -0.25) is 9.39 Å². The minimum absolute atomic E-state index is 0. The molecule has 1 fully saturated rings. The van der Waals surface area contributed by atoms with Gasteiger partial charge in [0.25, 0.3) is 0 Å². The number of hydrogen-bond donors (Lipinski definition) is 1. The van der Waals surface area contributed by atoms with E-state index in [0.717, 1.165) is 62.2 Å². The van der Waals surface area contributed by atoms with Gasteiger partial charge in [0, 0.05) is 49.3 Å². The molecule has 3 rings (SSSR count). The molecule has 2 aromatic heterocycles. The molecule has 0 spiro atoms. The topological polar surface area (TPSA) is 57.8 Å². The predicted octanol–water partition coefficient (Wildman–Crippen LogP) is 3.07. The van der Waals surface area contributed by atoms with E-state index in [9.17, 15) is 0 Å². The first-order chi connectivity index (χ1) is 12.1. The summed E-state index contributed by atoms with van der Waals surface area (Å²) in [5, 5.41) is 11.9. The van der Waals surface area contributed by atoms with E-state index in [1.165, 1.54) is 0 Å². The van der Waals surface area contributed by atoms with E-state index in [-0.39, 0.29) is 28.7 Å². The van der Waals surface area contributed by atoms with Crippen molar-refractivity contribution in [1.29, 1.82) is 0 Å². The van der Waals surface area contributed by atoms with Crippen LogP contribution in [0.15, 0.2) is 29.4 Å². The van der Waals surface area contributed by atoms with Crippen LogP contribution in [0.1, 0.15) is 33.0 Å². The van der Waals surface area contributed by atoms with Crippen LogP contribution >= 0.6 is 35.7 Å². The van der Waals surface area contributed by atoms with Crippen LogP contribution < -0.4 is 5.32 Å². The Morgan fingerprint density at radius 2 is 2.19 bits per heavy atom. The lowest BCUT2D eigenvalue weighted by Gasteiger charge is -2.39. The van der Waals surface area contributed by atoms with Crippen molar-refractivity contribution in [3.63, 3.8) is 0 Å². The van der Waals surface area contributed by atoms with Crippen LogP contribution in [0.4, 0.5) is 0 Å². The maximum absolute atomic E-state index is 4.85. The molecule has 0 saturated carbocycles. The molecule has 0 amide bonds. The second kappa shape index (κ2) is 9.77. The first-order valence-electron chi connectivity index (χ1n) is 9.05. The number of fused-ring (bicyclic) bond motifs is 1. The monoisotopic (exact) mass is 488 g/mol. The Labute approximate surface area is 177 Å². The zero-order valence-corrected chi connectivity index (χ0v) is 19.0. The first kappa shape index (κ1) is 21.3. The van der Waals surface area contributed by atoms with E-state index in [4.69, 9.17) is 4.99 Å². The number of rotatable bonds is 5. The quantitative estimate of drug-likeness (QED) is 0.304. The van der Waals surface area contributed by atoms with Gasteiger partial charge < -0.3 is 10.2 Å². The van der Waals surface area contributed by atoms with Crippen molar-refractivity contribution in [2.75, 3.05) is 31.9 Å². The largest absolute Gasteiger partial charge is 0.357 e. The van der Waals surface area contributed by atoms with Crippen LogP contribution in [-0.4, -0.2) is 62.1 Å². The number of nitrogens with zero attached hydrogens (tertiary/aromatic N) is 5. The fraction of sp³-hybridized carbons (Fsp3) is 0.611. The molecule has 2 aromatic rings. The highest BCUT2D eigenvalue weighted by atomic mass is 127. The second-order valence-corrected chi connectivity index (χ2v) is 8.72. The summed E-state index contributed by atoms with van der Waals surface area (Å²) in [7, 11) is 0. The molecule has 8 heteroatoms. The lowest BCUT2D eigenvalue weighted by Crippen LogP contribution is -2.51. The highest BCUT2D eigenvalue weighted by Crippen LogP contribution is 2.29. The van der Waals surface area contributed by atoms with Gasteiger partial charge in [0.1, 0.15) is 5.82 Å². The molecule has 0 radical (unpaired) electrons. The van der Waals surface area contributed by atoms with Crippen LogP contribution in [-0.2, 0) is 6.42 Å². The van der Waals surface area contributed by atoms with E-state index < -0.39 is 0 Å². The van der Waals surface area contributed by atoms with Gasteiger partial charge in [-0.25, -0.2) is 0 Å². The molecule has 0 aliphatic carbocycles. The minimum Gasteiger partial charge on any atom is -0.357 e. The molecular formula is C18H29IN6S. The van der Waals surface area contributed by atoms with Crippen molar-refractivity contribution in [3.8, 4) is 0 Å². The van der Waals surface area contributed by atoms with Gasteiger partial charge in [-0.2, -0.15) is 11.8 Å². The van der Waals surface area contributed by atoms with Gasteiger partial charge in [-0.1, -0.05) is 6.07 Å². The Kier molecular flexibility index (Phi) is 8.00. The number of hydrogen-bond acceptors (Lipinski definition) is 4. The summed E-state index contributed by atoms with van der Waals surface area (Å²) in [6.07, 6.45) is 3.87. The molecule has 1 N–H and O–H groups in total. The van der Waals surface area contributed by atoms with Crippen LogP contribution in [0.5, 0.6) is 0 Å². The van der Waals surface area contributed by atoms with Gasteiger partial charge >= 0.3 is 0 Å². The van der Waals surface area contributed by atoms with Crippen molar-refractivity contribution in [2.45, 2.75) is 38.4 Å². The Balaban J connectivity index is 0.00000243. The lowest BCUT2D eigenvalue weighted by molar-refractivity contribution is 0.376. The van der Waals surface area contributed by atoms with Gasteiger partial charge in [-0.15, -0.1) is 34.2 Å². The summed E-state index contributed by atoms with van der Waals surface area (Å²) in [4.78, 5) is 7.24. The normalized spacial score (nSPS) is 17.2. The minimum atomic E-state index is 0. The van der Waals surface area contributed by atoms with Crippen LogP contribution in [0.25, 0.3) is 5.65 Å². The number of guanidine groups is 1. The second-order valence-electron chi connectivity index (χ2n) is 6.91. The molecule has 0 aromatic carbocycles. The van der Waals surface area contributed by atoms with Crippen molar-refractivity contribution >= 4 is 47.3 Å². The van der Waals surface area contributed by atoms with Crippen LogP contribution in [0.2, 0.25) is 0 Å². The van der Waals surface area contributed by atoms with Gasteiger partial charge in [0.05, 0.1) is 0 Å².